The highest BCUT2D eigenvalue weighted by Crippen LogP contribution is 2.22. The fraction of sp³-hybridized carbons (Fsp3) is 0. The van der Waals surface area contributed by atoms with Gasteiger partial charge in [0.05, 0.1) is 5.69 Å². The molecule has 0 spiro atoms. The highest BCUT2D eigenvalue weighted by atomic mass is 19.1. The van der Waals surface area contributed by atoms with Crippen molar-refractivity contribution >= 4 is 11.7 Å². The molecule has 0 saturated carbocycles. The Balaban J connectivity index is 2.42. The van der Waals surface area contributed by atoms with Crippen LogP contribution in [0.25, 0.3) is 11.3 Å². The molecule has 0 fully saturated rings. The Morgan fingerprint density at radius 3 is 2.75 bits per heavy atom. The number of hydrogen-bond acceptors (Lipinski definition) is 4. The molecule has 6 heteroatoms. The number of rotatable bonds is 2. The van der Waals surface area contributed by atoms with Crippen molar-refractivity contribution in [3.8, 4) is 11.3 Å². The number of aromatic carboxylic acids is 1. The molecule has 0 saturated heterocycles. The van der Waals surface area contributed by atoms with E-state index in [1.807, 2.05) is 0 Å². The minimum atomic E-state index is -1.21. The van der Waals surface area contributed by atoms with Gasteiger partial charge in [-0.1, -0.05) is 5.16 Å². The number of nitrogens with zero attached hydrogens (tertiary/aromatic N) is 1. The van der Waals surface area contributed by atoms with Crippen LogP contribution in [-0.4, -0.2) is 16.2 Å². The van der Waals surface area contributed by atoms with E-state index in [4.69, 9.17) is 10.8 Å². The molecule has 0 unspecified atom stereocenters. The summed E-state index contributed by atoms with van der Waals surface area (Å²) in [7, 11) is 0. The zero-order valence-corrected chi connectivity index (χ0v) is 7.98. The number of nitrogen functional groups attached to an aromatic ring is 1. The van der Waals surface area contributed by atoms with Gasteiger partial charge in [0.25, 0.3) is 0 Å². The van der Waals surface area contributed by atoms with E-state index >= 15 is 0 Å². The summed E-state index contributed by atoms with van der Waals surface area (Å²) in [5, 5.41) is 12.2. The first-order valence-electron chi connectivity index (χ1n) is 4.33. The summed E-state index contributed by atoms with van der Waals surface area (Å²) in [6.45, 7) is 0. The van der Waals surface area contributed by atoms with E-state index < -0.39 is 11.8 Å². The first-order chi connectivity index (χ1) is 7.58. The molecule has 0 aliphatic heterocycles. The molecule has 1 aromatic carbocycles. The van der Waals surface area contributed by atoms with Gasteiger partial charge in [-0.25, -0.2) is 9.18 Å². The van der Waals surface area contributed by atoms with Crippen molar-refractivity contribution < 1.29 is 18.8 Å². The zero-order valence-electron chi connectivity index (χ0n) is 7.98. The van der Waals surface area contributed by atoms with Crippen molar-refractivity contribution in [1.82, 2.24) is 5.16 Å². The van der Waals surface area contributed by atoms with Crippen molar-refractivity contribution in [2.45, 2.75) is 0 Å². The second-order valence-corrected chi connectivity index (χ2v) is 3.12. The van der Waals surface area contributed by atoms with Crippen molar-refractivity contribution in [2.75, 3.05) is 5.73 Å². The number of benzene rings is 1. The molecule has 5 nitrogen and oxygen atoms in total. The predicted octanol–water partition coefficient (Wildman–Crippen LogP) is 1.76. The van der Waals surface area contributed by atoms with Gasteiger partial charge < -0.3 is 15.4 Å². The largest absolute Gasteiger partial charge is 0.475 e. The van der Waals surface area contributed by atoms with E-state index in [1.54, 1.807) is 0 Å². The van der Waals surface area contributed by atoms with Gasteiger partial charge in [0.15, 0.2) is 0 Å². The highest BCUT2D eigenvalue weighted by Gasteiger charge is 2.12. The van der Waals surface area contributed by atoms with Gasteiger partial charge in [-0.15, -0.1) is 0 Å². The smallest absolute Gasteiger partial charge is 0.374 e. The van der Waals surface area contributed by atoms with E-state index in [-0.39, 0.29) is 11.4 Å². The summed E-state index contributed by atoms with van der Waals surface area (Å²) in [6, 6.07) is 5.22. The SMILES string of the molecule is Nc1cc(-c2cc(C(=O)O)on2)ccc1F. The van der Waals surface area contributed by atoms with Crippen molar-refractivity contribution in [3.05, 3.63) is 35.8 Å². The third-order valence-corrected chi connectivity index (χ3v) is 2.01. The number of carbonyl (C=O) groups is 1. The second kappa shape index (κ2) is 3.65. The van der Waals surface area contributed by atoms with Gasteiger partial charge in [0.1, 0.15) is 11.5 Å². The number of anilines is 1. The molecule has 16 heavy (non-hydrogen) atoms. The summed E-state index contributed by atoms with van der Waals surface area (Å²) in [5.41, 5.74) is 6.14. The van der Waals surface area contributed by atoms with E-state index in [0.717, 1.165) is 0 Å². The zero-order chi connectivity index (χ0) is 11.7. The Hall–Kier alpha value is -2.37. The maximum Gasteiger partial charge on any atom is 0.374 e. The molecule has 3 N–H and O–H groups in total. The lowest BCUT2D eigenvalue weighted by atomic mass is 10.1. The molecule has 2 aromatic rings. The third kappa shape index (κ3) is 1.72. The van der Waals surface area contributed by atoms with Crippen molar-refractivity contribution in [3.63, 3.8) is 0 Å². The topological polar surface area (TPSA) is 89.4 Å². The maximum absolute atomic E-state index is 12.9. The number of aromatic nitrogens is 1. The number of halogens is 1. The van der Waals surface area contributed by atoms with Crippen LogP contribution in [0.5, 0.6) is 0 Å². The Bertz CT molecular complexity index is 551. The molecule has 0 bridgehead atoms. The van der Waals surface area contributed by atoms with Crippen LogP contribution in [-0.2, 0) is 0 Å². The summed E-state index contributed by atoms with van der Waals surface area (Å²) >= 11 is 0. The second-order valence-electron chi connectivity index (χ2n) is 3.12. The van der Waals surface area contributed by atoms with Gasteiger partial charge in [0, 0.05) is 11.6 Å². The molecule has 2 rings (SSSR count). The van der Waals surface area contributed by atoms with Gasteiger partial charge in [0.2, 0.25) is 5.76 Å². The fourth-order valence-electron chi connectivity index (χ4n) is 1.22. The third-order valence-electron chi connectivity index (χ3n) is 2.01. The number of nitrogens with two attached hydrogens (primary N) is 1. The Labute approximate surface area is 89.3 Å². The normalized spacial score (nSPS) is 10.3. The van der Waals surface area contributed by atoms with Gasteiger partial charge >= 0.3 is 5.97 Å². The molecular weight excluding hydrogens is 215 g/mol. The predicted molar refractivity (Wildman–Crippen MR) is 53.3 cm³/mol. The molecule has 0 radical (unpaired) electrons. The summed E-state index contributed by atoms with van der Waals surface area (Å²) in [5.74, 6) is -2.03. The van der Waals surface area contributed by atoms with Crippen molar-refractivity contribution in [1.29, 1.82) is 0 Å². The van der Waals surface area contributed by atoms with Crippen LogP contribution < -0.4 is 5.73 Å². The first-order valence-corrected chi connectivity index (χ1v) is 4.33. The summed E-state index contributed by atoms with van der Waals surface area (Å²) in [6.07, 6.45) is 0. The summed E-state index contributed by atoms with van der Waals surface area (Å²) < 4.78 is 17.5. The average Bonchev–Trinajstić information content (AvgIpc) is 2.71. The minimum Gasteiger partial charge on any atom is -0.475 e. The Morgan fingerprint density at radius 2 is 2.19 bits per heavy atom. The van der Waals surface area contributed by atoms with Gasteiger partial charge in [-0.05, 0) is 18.2 Å². The monoisotopic (exact) mass is 222 g/mol. The quantitative estimate of drug-likeness (QED) is 0.755. The molecular formula is C10H7FN2O3. The van der Waals surface area contributed by atoms with Crippen LogP contribution in [0.1, 0.15) is 10.6 Å². The Morgan fingerprint density at radius 1 is 1.44 bits per heavy atom. The van der Waals surface area contributed by atoms with E-state index in [2.05, 4.69) is 9.68 Å². The number of carboxylic acid groups (broad SMARTS) is 1. The minimum absolute atomic E-state index is 0.0302. The molecule has 1 heterocycles. The van der Waals surface area contributed by atoms with E-state index in [0.29, 0.717) is 11.3 Å². The summed E-state index contributed by atoms with van der Waals surface area (Å²) in [4.78, 5) is 10.5. The van der Waals surface area contributed by atoms with Gasteiger partial charge in [-0.3, -0.25) is 0 Å². The van der Waals surface area contributed by atoms with Crippen LogP contribution in [0.2, 0.25) is 0 Å². The molecule has 0 aliphatic rings. The van der Waals surface area contributed by atoms with Crippen LogP contribution in [0, 0.1) is 5.82 Å². The molecule has 0 aliphatic carbocycles. The number of hydrogen-bond donors (Lipinski definition) is 2. The van der Waals surface area contributed by atoms with Crippen LogP contribution in [0.4, 0.5) is 10.1 Å². The van der Waals surface area contributed by atoms with Crippen LogP contribution >= 0.6 is 0 Å². The first kappa shape index (κ1) is 10.2. The standard InChI is InChI=1S/C10H7FN2O3/c11-6-2-1-5(3-7(6)12)8-4-9(10(14)15)16-13-8/h1-4H,12H2,(H,14,15). The molecule has 0 atom stereocenters. The highest BCUT2D eigenvalue weighted by molar-refractivity contribution is 5.85. The maximum atomic E-state index is 12.9. The molecule has 1 aromatic heterocycles. The van der Waals surface area contributed by atoms with E-state index in [1.165, 1.54) is 24.3 Å². The fourth-order valence-corrected chi connectivity index (χ4v) is 1.22. The average molecular weight is 222 g/mol. The van der Waals surface area contributed by atoms with Gasteiger partial charge in [-0.2, -0.15) is 0 Å². The Kier molecular flexibility index (Phi) is 2.32. The van der Waals surface area contributed by atoms with E-state index in [9.17, 15) is 9.18 Å². The van der Waals surface area contributed by atoms with Crippen LogP contribution in [0.15, 0.2) is 28.8 Å². The lowest BCUT2D eigenvalue weighted by molar-refractivity contribution is 0.0652. The lowest BCUT2D eigenvalue weighted by Gasteiger charge is -1.98. The lowest BCUT2D eigenvalue weighted by Crippen LogP contribution is -1.92. The molecule has 0 amide bonds. The number of carboxylic acids is 1. The molecule has 82 valence electrons. The van der Waals surface area contributed by atoms with Crippen LogP contribution in [0.3, 0.4) is 0 Å². The van der Waals surface area contributed by atoms with Crippen molar-refractivity contribution in [2.24, 2.45) is 0 Å².